The number of hydrogen-bond donors (Lipinski definition) is 0. The van der Waals surface area contributed by atoms with Crippen molar-refractivity contribution in [3.8, 4) is 0 Å². The molecule has 0 unspecified atom stereocenters. The Morgan fingerprint density at radius 2 is 1.93 bits per heavy atom. The summed E-state index contributed by atoms with van der Waals surface area (Å²) in [4.78, 5) is 0.411. The van der Waals surface area contributed by atoms with Gasteiger partial charge in [0.25, 0.3) is 0 Å². The van der Waals surface area contributed by atoms with E-state index in [1.165, 1.54) is 0 Å². The molecule has 5 nitrogen and oxygen atoms in total. The Morgan fingerprint density at radius 1 is 1.21 bits per heavy atom. The van der Waals surface area contributed by atoms with E-state index in [1.54, 1.807) is 18.2 Å². The van der Waals surface area contributed by atoms with E-state index in [9.17, 15) is 10.4 Å². The van der Waals surface area contributed by atoms with Crippen molar-refractivity contribution in [2.24, 2.45) is 0 Å². The maximum Gasteiger partial charge on any atom is 0.365 e. The second-order valence-electron chi connectivity index (χ2n) is 2.46. The van der Waals surface area contributed by atoms with Gasteiger partial charge in [-0.1, -0.05) is 15.9 Å². The second kappa shape index (κ2) is 4.05. The topological polar surface area (TPSA) is 66.8 Å². The lowest BCUT2D eigenvalue weighted by atomic mass is 10.3. The smallest absolute Gasteiger partial charge is 0.365 e. The van der Waals surface area contributed by atoms with Crippen molar-refractivity contribution in [2.75, 3.05) is 0 Å². The van der Waals surface area contributed by atoms with Gasteiger partial charge in [0.1, 0.15) is 0 Å². The molecule has 0 aliphatic heterocycles. The van der Waals surface area contributed by atoms with Crippen LogP contribution in [0.4, 0.5) is 0 Å². The van der Waals surface area contributed by atoms with Crippen molar-refractivity contribution in [2.45, 2.75) is 0 Å². The number of aromatic nitrogens is 3. The van der Waals surface area contributed by atoms with E-state index in [4.69, 9.17) is 0 Å². The third kappa shape index (κ3) is 1.78. The zero-order valence-electron chi connectivity index (χ0n) is 6.75. The van der Waals surface area contributed by atoms with Crippen LogP contribution in [0.3, 0.4) is 0 Å². The summed E-state index contributed by atoms with van der Waals surface area (Å²) in [6.07, 6.45) is 0.934. The average Bonchev–Trinajstić information content (AvgIpc) is 2.12. The molecule has 0 radical (unpaired) electrons. The lowest BCUT2D eigenvalue weighted by Gasteiger charge is -2.01. The highest BCUT2D eigenvalue weighted by molar-refractivity contribution is 9.10. The van der Waals surface area contributed by atoms with Gasteiger partial charge in [-0.05, 0) is 12.1 Å². The van der Waals surface area contributed by atoms with E-state index in [2.05, 4.69) is 21.0 Å². The molecule has 0 fully saturated rings. The van der Waals surface area contributed by atoms with Gasteiger partial charge >= 0.3 is 11.8 Å². The first-order chi connectivity index (χ1) is 6.18. The highest BCUT2D eigenvalue weighted by Gasteiger charge is 2.12. The van der Waals surface area contributed by atoms with Gasteiger partial charge in [0, 0.05) is 10.5 Å². The maximum atomic E-state index is 11.1. The second-order valence-corrected chi connectivity index (χ2v) is 3.38. The molecular weight excluding hydrogens is 318 g/mol. The minimum atomic E-state index is 0. The summed E-state index contributed by atoms with van der Waals surface area (Å²) in [5.41, 5.74) is 0.542. The molecule has 2 aromatic rings. The number of fused-ring (bicyclic) bond motifs is 1. The van der Waals surface area contributed by atoms with Crippen LogP contribution in [0.2, 0.25) is 0 Å². The zero-order chi connectivity index (χ0) is 9.42. The lowest BCUT2D eigenvalue weighted by molar-refractivity contribution is -0.680. The van der Waals surface area contributed by atoms with Crippen LogP contribution in [0.25, 0.3) is 11.0 Å². The fourth-order valence-corrected chi connectivity index (χ4v) is 1.40. The van der Waals surface area contributed by atoms with Gasteiger partial charge in [0.05, 0.1) is 4.85 Å². The molecule has 1 heterocycles. The Hall–Kier alpha value is -0.950. The minimum absolute atomic E-state index is 0. The Kier molecular flexibility index (Phi) is 3.22. The first-order valence-electron chi connectivity index (χ1n) is 3.46. The van der Waals surface area contributed by atoms with Crippen molar-refractivity contribution < 1.29 is 9.58 Å². The monoisotopic (exact) mass is 321 g/mol. The van der Waals surface area contributed by atoms with Crippen LogP contribution in [0.5, 0.6) is 0 Å². The number of rotatable bonds is 0. The van der Waals surface area contributed by atoms with Crippen LogP contribution in [0.15, 0.2) is 29.0 Å². The molecule has 0 saturated heterocycles. The predicted octanol–water partition coefficient (Wildman–Crippen LogP) is 0.842. The third-order valence-electron chi connectivity index (χ3n) is 1.64. The molecule has 14 heavy (non-hydrogen) atoms. The first kappa shape index (κ1) is 11.1. The van der Waals surface area contributed by atoms with Crippen molar-refractivity contribution >= 4 is 43.9 Å². The highest BCUT2D eigenvalue weighted by Crippen LogP contribution is 2.13. The van der Waals surface area contributed by atoms with Crippen molar-refractivity contribution in [1.82, 2.24) is 5.10 Å². The number of halogens is 2. The molecule has 0 amide bonds. The Balaban J connectivity index is 0.000000980. The maximum absolute atomic E-state index is 11.1. The third-order valence-corrected chi connectivity index (χ3v) is 2.14. The molecule has 0 spiro atoms. The van der Waals surface area contributed by atoms with Crippen molar-refractivity contribution in [1.29, 1.82) is 0 Å². The summed E-state index contributed by atoms with van der Waals surface area (Å²) in [7, 11) is 0. The van der Waals surface area contributed by atoms with Crippen LogP contribution < -0.4 is 9.58 Å². The van der Waals surface area contributed by atoms with Gasteiger partial charge in [-0.25, -0.2) is 4.73 Å². The van der Waals surface area contributed by atoms with E-state index in [1.807, 2.05) is 0 Å². The van der Waals surface area contributed by atoms with Gasteiger partial charge in [0.2, 0.25) is 10.6 Å². The molecule has 0 aliphatic rings. The summed E-state index contributed by atoms with van der Waals surface area (Å²) in [5.74, 6) is 0. The average molecular weight is 323 g/mol. The summed E-state index contributed by atoms with van der Waals surface area (Å²) in [6, 6.07) is 4.79. The van der Waals surface area contributed by atoms with E-state index < -0.39 is 0 Å². The summed E-state index contributed by atoms with van der Waals surface area (Å²) >= 11 is 3.20. The molecule has 0 atom stereocenters. The predicted molar refractivity (Wildman–Crippen MR) is 57.7 cm³/mol. The molecule has 74 valence electrons. The lowest BCUT2D eigenvalue weighted by Crippen LogP contribution is -2.40. The van der Waals surface area contributed by atoms with Crippen LogP contribution >= 0.6 is 32.9 Å². The quantitative estimate of drug-likeness (QED) is 0.533. The fraction of sp³-hybridized carbons (Fsp3) is 0. The molecule has 0 aliphatic carbocycles. The van der Waals surface area contributed by atoms with E-state index in [0.717, 1.165) is 10.8 Å². The Bertz CT molecular complexity index is 478. The number of nitrogens with zero attached hydrogens (tertiary/aromatic N) is 3. The molecule has 0 saturated carbocycles. The SMILES string of the molecule is Br.[O-][n+]1cn[n+]([O-])c2cc(Br)ccc21. The largest absolute Gasteiger partial charge is 0.710 e. The normalized spacial score (nSPS) is 9.79. The van der Waals surface area contributed by atoms with E-state index >= 15 is 0 Å². The van der Waals surface area contributed by atoms with Gasteiger partial charge in [-0.15, -0.1) is 17.0 Å². The minimum Gasteiger partial charge on any atom is -0.710 e. The molecule has 2 rings (SSSR count). The van der Waals surface area contributed by atoms with E-state index in [0.29, 0.717) is 15.1 Å². The standard InChI is InChI=1S/C7H4BrN3O2.BrH/c8-5-1-2-6-7(3-5)11(13)9-4-10(6)12;/h1-4H;1H. The zero-order valence-corrected chi connectivity index (χ0v) is 10.1. The van der Waals surface area contributed by atoms with Crippen LogP contribution in [0.1, 0.15) is 0 Å². The summed E-state index contributed by atoms with van der Waals surface area (Å²) < 4.78 is 1.29. The van der Waals surface area contributed by atoms with Crippen LogP contribution in [-0.2, 0) is 0 Å². The van der Waals surface area contributed by atoms with Crippen LogP contribution in [-0.4, -0.2) is 5.10 Å². The Labute approximate surface area is 98.0 Å². The molecule has 1 aromatic carbocycles. The van der Waals surface area contributed by atoms with E-state index in [-0.39, 0.29) is 22.5 Å². The number of benzene rings is 1. The van der Waals surface area contributed by atoms with Crippen molar-refractivity contribution in [3.63, 3.8) is 0 Å². The van der Waals surface area contributed by atoms with Crippen molar-refractivity contribution in [3.05, 3.63) is 39.4 Å². The van der Waals surface area contributed by atoms with Gasteiger partial charge in [-0.2, -0.15) is 0 Å². The fourth-order valence-electron chi connectivity index (χ4n) is 1.05. The molecule has 7 heteroatoms. The van der Waals surface area contributed by atoms with Crippen LogP contribution in [0, 0.1) is 10.4 Å². The molecule has 0 N–H and O–H groups in total. The molecule has 1 aromatic heterocycles. The first-order valence-corrected chi connectivity index (χ1v) is 4.25. The molecule has 0 bridgehead atoms. The van der Waals surface area contributed by atoms with Gasteiger partial charge in [-0.3, -0.25) is 0 Å². The summed E-state index contributed by atoms with van der Waals surface area (Å²) in [6.45, 7) is 0. The van der Waals surface area contributed by atoms with Gasteiger partial charge < -0.3 is 10.4 Å². The molecular formula is C7H5Br2N3O2. The highest BCUT2D eigenvalue weighted by atomic mass is 79.9. The van der Waals surface area contributed by atoms with Gasteiger partial charge in [0.15, 0.2) is 0 Å². The Morgan fingerprint density at radius 3 is 2.64 bits per heavy atom. The number of hydrogen-bond acceptors (Lipinski definition) is 3. The summed E-state index contributed by atoms with van der Waals surface area (Å²) in [5, 5.41) is 25.6.